The SMILES string of the molecule is C=C[C@H]1CC(C(=O)OCC)(C(=O)OCC)C[C@H]1O. The van der Waals surface area contributed by atoms with Gasteiger partial charge in [-0.15, -0.1) is 6.58 Å². The summed E-state index contributed by atoms with van der Waals surface area (Å²) in [5.74, 6) is -1.53. The smallest absolute Gasteiger partial charge is 0.323 e. The van der Waals surface area contributed by atoms with Crippen LogP contribution in [0.25, 0.3) is 0 Å². The molecule has 1 aliphatic carbocycles. The Kier molecular flexibility index (Phi) is 4.90. The number of carbonyl (C=O) groups excluding carboxylic acids is 2. The van der Waals surface area contributed by atoms with Crippen LogP contribution in [0.3, 0.4) is 0 Å². The minimum absolute atomic E-state index is 0.0291. The van der Waals surface area contributed by atoms with Crippen LogP contribution in [-0.2, 0) is 19.1 Å². The molecular weight excluding hydrogens is 236 g/mol. The van der Waals surface area contributed by atoms with Gasteiger partial charge in [0.2, 0.25) is 0 Å². The van der Waals surface area contributed by atoms with Gasteiger partial charge in [0.05, 0.1) is 19.3 Å². The van der Waals surface area contributed by atoms with E-state index in [4.69, 9.17) is 9.47 Å². The van der Waals surface area contributed by atoms with Crippen LogP contribution in [0.1, 0.15) is 26.7 Å². The molecule has 0 saturated heterocycles. The Morgan fingerprint density at radius 1 is 1.28 bits per heavy atom. The molecule has 0 amide bonds. The fourth-order valence-electron chi connectivity index (χ4n) is 2.33. The average molecular weight is 256 g/mol. The summed E-state index contributed by atoms with van der Waals surface area (Å²) < 4.78 is 9.91. The highest BCUT2D eigenvalue weighted by atomic mass is 16.6. The van der Waals surface area contributed by atoms with Crippen molar-refractivity contribution in [1.82, 2.24) is 0 Å². The van der Waals surface area contributed by atoms with Crippen molar-refractivity contribution in [3.05, 3.63) is 12.7 Å². The van der Waals surface area contributed by atoms with Gasteiger partial charge >= 0.3 is 11.9 Å². The molecule has 5 nitrogen and oxygen atoms in total. The molecule has 0 aromatic rings. The van der Waals surface area contributed by atoms with Crippen LogP contribution in [-0.4, -0.2) is 36.4 Å². The number of aliphatic hydroxyl groups excluding tert-OH is 1. The maximum Gasteiger partial charge on any atom is 0.323 e. The summed E-state index contributed by atoms with van der Waals surface area (Å²) in [4.78, 5) is 24.0. The van der Waals surface area contributed by atoms with E-state index in [0.717, 1.165) is 0 Å². The van der Waals surface area contributed by atoms with Crippen LogP contribution >= 0.6 is 0 Å². The Bertz CT molecular complexity index is 318. The van der Waals surface area contributed by atoms with Gasteiger partial charge in [-0.05, 0) is 20.3 Å². The second-order valence-electron chi connectivity index (χ2n) is 4.40. The van der Waals surface area contributed by atoms with Gasteiger partial charge in [-0.2, -0.15) is 0 Å². The predicted octanol–water partition coefficient (Wildman–Crippen LogP) is 1.06. The molecular formula is C13H20O5. The van der Waals surface area contributed by atoms with E-state index in [9.17, 15) is 14.7 Å². The van der Waals surface area contributed by atoms with Gasteiger partial charge in [0, 0.05) is 12.3 Å². The number of hydrogen-bond acceptors (Lipinski definition) is 5. The van der Waals surface area contributed by atoms with E-state index in [-0.39, 0.29) is 32.0 Å². The first kappa shape index (κ1) is 14.7. The summed E-state index contributed by atoms with van der Waals surface area (Å²) in [6.07, 6.45) is 1.01. The lowest BCUT2D eigenvalue weighted by molar-refractivity contribution is -0.172. The van der Waals surface area contributed by atoms with Gasteiger partial charge in [-0.25, -0.2) is 0 Å². The van der Waals surface area contributed by atoms with Crippen molar-refractivity contribution in [3.8, 4) is 0 Å². The largest absolute Gasteiger partial charge is 0.465 e. The molecule has 0 aliphatic heterocycles. The molecule has 1 rings (SSSR count). The van der Waals surface area contributed by atoms with E-state index in [0.29, 0.717) is 0 Å². The van der Waals surface area contributed by atoms with Crippen LogP contribution in [0, 0.1) is 11.3 Å². The molecule has 0 aromatic heterocycles. The van der Waals surface area contributed by atoms with E-state index >= 15 is 0 Å². The van der Waals surface area contributed by atoms with Crippen LogP contribution in [0.5, 0.6) is 0 Å². The van der Waals surface area contributed by atoms with E-state index in [1.54, 1.807) is 19.9 Å². The maximum atomic E-state index is 12.0. The monoisotopic (exact) mass is 256 g/mol. The van der Waals surface area contributed by atoms with Gasteiger partial charge in [0.1, 0.15) is 0 Å². The fraction of sp³-hybridized carbons (Fsp3) is 0.692. The topological polar surface area (TPSA) is 72.8 Å². The normalized spacial score (nSPS) is 25.5. The number of hydrogen-bond donors (Lipinski definition) is 1. The third kappa shape index (κ3) is 2.56. The molecule has 0 heterocycles. The molecule has 0 radical (unpaired) electrons. The maximum absolute atomic E-state index is 12.0. The van der Waals surface area contributed by atoms with E-state index in [2.05, 4.69) is 6.58 Å². The van der Waals surface area contributed by atoms with Gasteiger partial charge in [0.25, 0.3) is 0 Å². The van der Waals surface area contributed by atoms with E-state index in [1.165, 1.54) is 0 Å². The standard InChI is InChI=1S/C13H20O5/c1-4-9-7-13(8-10(9)14,11(15)17-5-2)12(16)18-6-3/h4,9-10,14H,1,5-8H2,2-3H3/t9-,10+/m0/s1. The summed E-state index contributed by atoms with van der Waals surface area (Å²) >= 11 is 0. The van der Waals surface area contributed by atoms with Crippen molar-refractivity contribution in [2.24, 2.45) is 11.3 Å². The van der Waals surface area contributed by atoms with Crippen molar-refractivity contribution in [3.63, 3.8) is 0 Å². The first-order chi connectivity index (χ1) is 8.51. The van der Waals surface area contributed by atoms with Gasteiger partial charge < -0.3 is 14.6 Å². The average Bonchev–Trinajstić information content (AvgIpc) is 2.68. The van der Waals surface area contributed by atoms with Crippen molar-refractivity contribution in [2.75, 3.05) is 13.2 Å². The van der Waals surface area contributed by atoms with Crippen LogP contribution < -0.4 is 0 Å². The van der Waals surface area contributed by atoms with Gasteiger partial charge in [0.15, 0.2) is 5.41 Å². The zero-order chi connectivity index (χ0) is 13.8. The van der Waals surface area contributed by atoms with Crippen LogP contribution in [0.15, 0.2) is 12.7 Å². The van der Waals surface area contributed by atoms with E-state index in [1.807, 2.05) is 0 Å². The first-order valence-corrected chi connectivity index (χ1v) is 6.16. The lowest BCUT2D eigenvalue weighted by atomic mass is 9.85. The molecule has 2 atom stereocenters. The molecule has 102 valence electrons. The van der Waals surface area contributed by atoms with Gasteiger partial charge in [-0.1, -0.05) is 6.08 Å². The molecule has 0 spiro atoms. The highest BCUT2D eigenvalue weighted by Gasteiger charge is 2.56. The summed E-state index contributed by atoms with van der Waals surface area (Å²) in [6.45, 7) is 7.33. The summed E-state index contributed by atoms with van der Waals surface area (Å²) in [7, 11) is 0. The molecule has 1 fully saturated rings. The number of rotatable bonds is 5. The zero-order valence-corrected chi connectivity index (χ0v) is 10.8. The lowest BCUT2D eigenvalue weighted by Gasteiger charge is -2.24. The Labute approximate surface area is 107 Å². The number of carbonyl (C=O) groups is 2. The van der Waals surface area contributed by atoms with Crippen molar-refractivity contribution < 1.29 is 24.2 Å². The molecule has 0 bridgehead atoms. The fourth-order valence-corrected chi connectivity index (χ4v) is 2.33. The minimum Gasteiger partial charge on any atom is -0.465 e. The van der Waals surface area contributed by atoms with Crippen LogP contribution in [0.2, 0.25) is 0 Å². The molecule has 1 saturated carbocycles. The Morgan fingerprint density at radius 2 is 1.78 bits per heavy atom. The second kappa shape index (κ2) is 6.00. The molecule has 0 aromatic carbocycles. The number of esters is 2. The van der Waals surface area contributed by atoms with Crippen molar-refractivity contribution in [1.29, 1.82) is 0 Å². The lowest BCUT2D eigenvalue weighted by Crippen LogP contribution is -2.40. The molecule has 1 N–H and O–H groups in total. The molecule has 18 heavy (non-hydrogen) atoms. The van der Waals surface area contributed by atoms with Crippen molar-refractivity contribution in [2.45, 2.75) is 32.8 Å². The highest BCUT2D eigenvalue weighted by Crippen LogP contribution is 2.44. The molecule has 1 aliphatic rings. The second-order valence-corrected chi connectivity index (χ2v) is 4.40. The third-order valence-electron chi connectivity index (χ3n) is 3.27. The Morgan fingerprint density at radius 3 is 2.11 bits per heavy atom. The zero-order valence-electron chi connectivity index (χ0n) is 10.8. The number of ether oxygens (including phenoxy) is 2. The number of aliphatic hydroxyl groups is 1. The Hall–Kier alpha value is -1.36. The van der Waals surface area contributed by atoms with Crippen LogP contribution in [0.4, 0.5) is 0 Å². The Balaban J connectivity index is 3.00. The van der Waals surface area contributed by atoms with E-state index < -0.39 is 23.5 Å². The molecule has 0 unspecified atom stereocenters. The summed E-state index contributed by atoms with van der Waals surface area (Å²) in [5.41, 5.74) is -1.38. The molecule has 5 heteroatoms. The highest BCUT2D eigenvalue weighted by molar-refractivity contribution is 6.00. The summed E-state index contributed by atoms with van der Waals surface area (Å²) in [5, 5.41) is 9.87. The van der Waals surface area contributed by atoms with Crippen molar-refractivity contribution >= 4 is 11.9 Å². The quantitative estimate of drug-likeness (QED) is 0.452. The first-order valence-electron chi connectivity index (χ1n) is 6.16. The predicted molar refractivity (Wildman–Crippen MR) is 64.6 cm³/mol. The third-order valence-corrected chi connectivity index (χ3v) is 3.27. The summed E-state index contributed by atoms with van der Waals surface area (Å²) in [6, 6.07) is 0. The minimum atomic E-state index is -1.38. The van der Waals surface area contributed by atoms with Gasteiger partial charge in [-0.3, -0.25) is 9.59 Å².